The van der Waals surface area contributed by atoms with Crippen molar-refractivity contribution in [3.8, 4) is 0 Å². The average molecular weight is 299 g/mol. The lowest BCUT2D eigenvalue weighted by molar-refractivity contribution is -0.143. The van der Waals surface area contributed by atoms with Crippen LogP contribution in [0.4, 0.5) is 0 Å². The van der Waals surface area contributed by atoms with Crippen LogP contribution in [0.25, 0.3) is 0 Å². The second-order valence-corrected chi connectivity index (χ2v) is 4.69. The SMILES string of the molecule is CCC(C(=O)OC)C(=O)c1ccc(C)cc1Br. The largest absolute Gasteiger partial charge is 0.468 e. The summed E-state index contributed by atoms with van der Waals surface area (Å²) in [5.74, 6) is -1.41. The molecule has 1 atom stereocenters. The van der Waals surface area contributed by atoms with Crippen LogP contribution in [0.5, 0.6) is 0 Å². The molecule has 0 saturated heterocycles. The number of ether oxygens (including phenoxy) is 1. The summed E-state index contributed by atoms with van der Waals surface area (Å²) < 4.78 is 5.35. The Morgan fingerprint density at radius 1 is 1.41 bits per heavy atom. The smallest absolute Gasteiger partial charge is 0.316 e. The maximum atomic E-state index is 12.2. The zero-order valence-electron chi connectivity index (χ0n) is 10.1. The highest BCUT2D eigenvalue weighted by atomic mass is 79.9. The lowest BCUT2D eigenvalue weighted by atomic mass is 9.95. The minimum absolute atomic E-state index is 0.203. The zero-order chi connectivity index (χ0) is 13.0. The summed E-state index contributed by atoms with van der Waals surface area (Å²) in [7, 11) is 1.29. The van der Waals surface area contributed by atoms with Crippen molar-refractivity contribution in [2.45, 2.75) is 20.3 Å². The third kappa shape index (κ3) is 3.16. The van der Waals surface area contributed by atoms with Crippen molar-refractivity contribution in [1.29, 1.82) is 0 Å². The van der Waals surface area contributed by atoms with E-state index in [1.54, 1.807) is 13.0 Å². The molecule has 0 aromatic heterocycles. The molecule has 0 spiro atoms. The summed E-state index contributed by atoms with van der Waals surface area (Å²) in [6, 6.07) is 5.44. The van der Waals surface area contributed by atoms with Gasteiger partial charge in [0.15, 0.2) is 5.78 Å². The fourth-order valence-corrected chi connectivity index (χ4v) is 2.30. The van der Waals surface area contributed by atoms with Gasteiger partial charge < -0.3 is 4.74 Å². The molecule has 0 aliphatic carbocycles. The summed E-state index contributed by atoms with van der Waals surface area (Å²) in [6.07, 6.45) is 0.436. The van der Waals surface area contributed by atoms with Gasteiger partial charge in [-0.15, -0.1) is 0 Å². The highest BCUT2D eigenvalue weighted by Crippen LogP contribution is 2.23. The summed E-state index contributed by atoms with van der Waals surface area (Å²) in [6.45, 7) is 3.73. The van der Waals surface area contributed by atoms with E-state index in [-0.39, 0.29) is 5.78 Å². The number of aryl methyl sites for hydroxylation is 1. The molecule has 92 valence electrons. The third-order valence-electron chi connectivity index (χ3n) is 2.60. The first-order chi connectivity index (χ1) is 8.01. The summed E-state index contributed by atoms with van der Waals surface area (Å²) in [4.78, 5) is 23.7. The Bertz CT molecular complexity index is 440. The molecule has 3 nitrogen and oxygen atoms in total. The van der Waals surface area contributed by atoms with Crippen LogP contribution in [-0.4, -0.2) is 18.9 Å². The van der Waals surface area contributed by atoms with E-state index in [1.807, 2.05) is 19.1 Å². The van der Waals surface area contributed by atoms with Gasteiger partial charge >= 0.3 is 5.97 Å². The molecule has 0 saturated carbocycles. The monoisotopic (exact) mass is 298 g/mol. The predicted molar refractivity (Wildman–Crippen MR) is 69.0 cm³/mol. The van der Waals surface area contributed by atoms with Crippen LogP contribution in [-0.2, 0) is 9.53 Å². The number of Topliss-reactive ketones (excluding diaryl/α,β-unsaturated/α-hetero) is 1. The molecule has 0 aliphatic rings. The molecule has 0 bridgehead atoms. The van der Waals surface area contributed by atoms with Gasteiger partial charge in [0, 0.05) is 10.0 Å². The number of rotatable bonds is 4. The number of halogens is 1. The number of ketones is 1. The third-order valence-corrected chi connectivity index (χ3v) is 3.26. The van der Waals surface area contributed by atoms with Crippen molar-refractivity contribution in [2.75, 3.05) is 7.11 Å². The molecule has 1 rings (SSSR count). The van der Waals surface area contributed by atoms with Crippen molar-refractivity contribution in [3.63, 3.8) is 0 Å². The molecule has 0 heterocycles. The topological polar surface area (TPSA) is 43.4 Å². The van der Waals surface area contributed by atoms with E-state index in [1.165, 1.54) is 7.11 Å². The molecule has 0 N–H and O–H groups in total. The first-order valence-corrected chi connectivity index (χ1v) is 6.18. The molecular formula is C13H15BrO3. The number of hydrogen-bond donors (Lipinski definition) is 0. The van der Waals surface area contributed by atoms with Gasteiger partial charge in [-0.3, -0.25) is 9.59 Å². The predicted octanol–water partition coefficient (Wildman–Crippen LogP) is 3.14. The quantitative estimate of drug-likeness (QED) is 0.487. The van der Waals surface area contributed by atoms with E-state index >= 15 is 0 Å². The van der Waals surface area contributed by atoms with Crippen LogP contribution in [0, 0.1) is 12.8 Å². The summed E-state index contributed by atoms with van der Waals surface area (Å²) in [5, 5.41) is 0. The molecule has 4 heteroatoms. The molecule has 1 aromatic rings. The van der Waals surface area contributed by atoms with Crippen molar-refractivity contribution >= 4 is 27.7 Å². The molecule has 1 unspecified atom stereocenters. The lowest BCUT2D eigenvalue weighted by Crippen LogP contribution is -2.25. The zero-order valence-corrected chi connectivity index (χ0v) is 11.7. The standard InChI is InChI=1S/C13H15BrO3/c1-4-9(13(16)17-3)12(15)10-6-5-8(2)7-11(10)14/h5-7,9H,4H2,1-3H3. The van der Waals surface area contributed by atoms with Crippen LogP contribution in [0.15, 0.2) is 22.7 Å². The van der Waals surface area contributed by atoms with Crippen LogP contribution >= 0.6 is 15.9 Å². The second-order valence-electron chi connectivity index (χ2n) is 3.83. The maximum absolute atomic E-state index is 12.2. The molecule has 0 amide bonds. The van der Waals surface area contributed by atoms with Gasteiger partial charge in [-0.2, -0.15) is 0 Å². The van der Waals surface area contributed by atoms with Crippen molar-refractivity contribution in [3.05, 3.63) is 33.8 Å². The Kier molecular flexibility index (Phi) is 4.87. The number of carbonyl (C=O) groups is 2. The van der Waals surface area contributed by atoms with Gasteiger partial charge in [0.2, 0.25) is 0 Å². The van der Waals surface area contributed by atoms with Crippen LogP contribution in [0.3, 0.4) is 0 Å². The van der Waals surface area contributed by atoms with E-state index in [2.05, 4.69) is 20.7 Å². The van der Waals surface area contributed by atoms with Crippen molar-refractivity contribution < 1.29 is 14.3 Å². The van der Waals surface area contributed by atoms with Crippen molar-refractivity contribution in [1.82, 2.24) is 0 Å². The van der Waals surface area contributed by atoms with Gasteiger partial charge in [0.25, 0.3) is 0 Å². The van der Waals surface area contributed by atoms with E-state index < -0.39 is 11.9 Å². The summed E-state index contributed by atoms with van der Waals surface area (Å²) in [5.41, 5.74) is 1.58. The summed E-state index contributed by atoms with van der Waals surface area (Å²) >= 11 is 3.34. The van der Waals surface area contributed by atoms with Gasteiger partial charge in [0.1, 0.15) is 5.92 Å². The Hall–Kier alpha value is -1.16. The number of methoxy groups -OCH3 is 1. The Morgan fingerprint density at radius 3 is 2.53 bits per heavy atom. The van der Waals surface area contributed by atoms with E-state index in [0.29, 0.717) is 16.5 Å². The Labute approximate surface area is 109 Å². The van der Waals surface area contributed by atoms with Crippen molar-refractivity contribution in [2.24, 2.45) is 5.92 Å². The fraction of sp³-hybridized carbons (Fsp3) is 0.385. The highest BCUT2D eigenvalue weighted by Gasteiger charge is 2.27. The van der Waals surface area contributed by atoms with Crippen LogP contribution in [0.2, 0.25) is 0 Å². The van der Waals surface area contributed by atoms with E-state index in [0.717, 1.165) is 5.56 Å². The maximum Gasteiger partial charge on any atom is 0.316 e. The number of benzene rings is 1. The first-order valence-electron chi connectivity index (χ1n) is 5.39. The van der Waals surface area contributed by atoms with E-state index in [9.17, 15) is 9.59 Å². The van der Waals surface area contributed by atoms with Gasteiger partial charge in [-0.1, -0.05) is 28.9 Å². The minimum Gasteiger partial charge on any atom is -0.468 e. The molecular weight excluding hydrogens is 284 g/mol. The number of hydrogen-bond acceptors (Lipinski definition) is 3. The Balaban J connectivity index is 3.06. The number of esters is 1. The van der Waals surface area contributed by atoms with Crippen LogP contribution < -0.4 is 0 Å². The van der Waals surface area contributed by atoms with Gasteiger partial charge in [-0.25, -0.2) is 0 Å². The Morgan fingerprint density at radius 2 is 2.06 bits per heavy atom. The molecule has 1 aromatic carbocycles. The highest BCUT2D eigenvalue weighted by molar-refractivity contribution is 9.10. The average Bonchev–Trinajstić information content (AvgIpc) is 2.29. The first kappa shape index (κ1) is 13.9. The molecule has 0 radical (unpaired) electrons. The number of carbonyl (C=O) groups excluding carboxylic acids is 2. The van der Waals surface area contributed by atoms with E-state index in [4.69, 9.17) is 0 Å². The molecule has 17 heavy (non-hydrogen) atoms. The minimum atomic E-state index is -0.723. The molecule has 0 aliphatic heterocycles. The normalized spacial score (nSPS) is 12.0. The van der Waals surface area contributed by atoms with Crippen LogP contribution in [0.1, 0.15) is 29.3 Å². The fourth-order valence-electron chi connectivity index (χ4n) is 1.61. The van der Waals surface area contributed by atoms with Gasteiger partial charge in [0.05, 0.1) is 7.11 Å². The second kappa shape index (κ2) is 5.96. The lowest BCUT2D eigenvalue weighted by Gasteiger charge is -2.12. The molecule has 0 fully saturated rings. The van der Waals surface area contributed by atoms with Gasteiger partial charge in [-0.05, 0) is 31.0 Å².